The highest BCUT2D eigenvalue weighted by molar-refractivity contribution is 9.10. The molecule has 1 amide bonds. The molecule has 0 aliphatic carbocycles. The van der Waals surface area contributed by atoms with Crippen LogP contribution < -0.4 is 4.90 Å². The summed E-state index contributed by atoms with van der Waals surface area (Å²) in [4.78, 5) is 36.6. The van der Waals surface area contributed by atoms with Crippen LogP contribution in [0.15, 0.2) is 22.7 Å². The zero-order chi connectivity index (χ0) is 15.1. The number of ether oxygens (including phenoxy) is 1. The number of fused-ring (bicyclic) bond motifs is 1. The number of carbonyl (C=O) groups is 3. The summed E-state index contributed by atoms with van der Waals surface area (Å²) in [6.45, 7) is 1.22. The van der Waals surface area contributed by atoms with Crippen LogP contribution in [-0.4, -0.2) is 35.6 Å². The third-order valence-corrected chi connectivity index (χ3v) is 3.80. The Morgan fingerprint density at radius 3 is 2.55 bits per heavy atom. The highest BCUT2D eigenvalue weighted by atomic mass is 79.9. The van der Waals surface area contributed by atoms with Gasteiger partial charge in [0.15, 0.2) is 0 Å². The number of esters is 1. The van der Waals surface area contributed by atoms with Crippen LogP contribution in [0, 0.1) is 0 Å². The molecule has 0 saturated carbocycles. The number of anilines is 1. The van der Waals surface area contributed by atoms with Gasteiger partial charge in [-0.2, -0.15) is 0 Å². The predicted octanol–water partition coefficient (Wildman–Crippen LogP) is 1.35. The molecule has 106 valence electrons. The standard InChI is InChI=1S/C13H12BrNO5/c1-7(16)15-10-4-3-9(14)5-8(10)6-13(15,11(17)18)12(19)20-2/h3-5H,6H2,1-2H3,(H,17,18). The van der Waals surface area contributed by atoms with Crippen LogP contribution in [0.2, 0.25) is 0 Å². The van der Waals surface area contributed by atoms with Gasteiger partial charge in [-0.1, -0.05) is 15.9 Å². The highest BCUT2D eigenvalue weighted by Crippen LogP contribution is 2.41. The molecule has 1 atom stereocenters. The molecular weight excluding hydrogens is 330 g/mol. The molecule has 2 rings (SSSR count). The molecule has 1 N–H and O–H groups in total. The molecule has 0 aromatic heterocycles. The van der Waals surface area contributed by atoms with Crippen molar-refractivity contribution in [1.82, 2.24) is 0 Å². The Labute approximate surface area is 123 Å². The number of rotatable bonds is 2. The van der Waals surface area contributed by atoms with Crippen LogP contribution in [0.25, 0.3) is 0 Å². The summed E-state index contributed by atoms with van der Waals surface area (Å²) in [6, 6.07) is 4.98. The van der Waals surface area contributed by atoms with Gasteiger partial charge in [0.25, 0.3) is 0 Å². The highest BCUT2D eigenvalue weighted by Gasteiger charge is 2.59. The maximum absolute atomic E-state index is 12.0. The van der Waals surface area contributed by atoms with E-state index in [1.54, 1.807) is 18.2 Å². The summed E-state index contributed by atoms with van der Waals surface area (Å²) in [5.74, 6) is -2.90. The van der Waals surface area contributed by atoms with Crippen molar-refractivity contribution in [1.29, 1.82) is 0 Å². The molecule has 6 nitrogen and oxygen atoms in total. The molecule has 1 aliphatic heterocycles. The molecular formula is C13H12BrNO5. The average molecular weight is 342 g/mol. The van der Waals surface area contributed by atoms with Gasteiger partial charge < -0.3 is 9.84 Å². The SMILES string of the molecule is COC(=O)C1(C(=O)O)Cc2cc(Br)ccc2N1C(C)=O. The maximum atomic E-state index is 12.0. The second-order valence-electron chi connectivity index (χ2n) is 4.46. The maximum Gasteiger partial charge on any atom is 0.344 e. The third kappa shape index (κ3) is 1.89. The molecule has 1 heterocycles. The Balaban J connectivity index is 2.69. The largest absolute Gasteiger partial charge is 0.479 e. The summed E-state index contributed by atoms with van der Waals surface area (Å²) < 4.78 is 5.36. The molecule has 1 aromatic carbocycles. The smallest absolute Gasteiger partial charge is 0.344 e. The number of carboxylic acid groups (broad SMARTS) is 1. The van der Waals surface area contributed by atoms with Crippen molar-refractivity contribution < 1.29 is 24.2 Å². The number of nitrogens with zero attached hydrogens (tertiary/aromatic N) is 1. The van der Waals surface area contributed by atoms with E-state index in [4.69, 9.17) is 0 Å². The van der Waals surface area contributed by atoms with Crippen molar-refractivity contribution in [3.05, 3.63) is 28.2 Å². The lowest BCUT2D eigenvalue weighted by Crippen LogP contribution is -2.61. The van der Waals surface area contributed by atoms with Crippen LogP contribution in [0.4, 0.5) is 5.69 Å². The van der Waals surface area contributed by atoms with Gasteiger partial charge in [-0.05, 0) is 23.8 Å². The van der Waals surface area contributed by atoms with E-state index in [0.29, 0.717) is 11.3 Å². The number of aliphatic carboxylic acids is 1. The first-order valence-electron chi connectivity index (χ1n) is 5.75. The minimum atomic E-state index is -2.04. The Hall–Kier alpha value is -1.89. The van der Waals surface area contributed by atoms with Crippen LogP contribution in [0.5, 0.6) is 0 Å². The van der Waals surface area contributed by atoms with Crippen molar-refractivity contribution in [2.75, 3.05) is 12.0 Å². The zero-order valence-corrected chi connectivity index (χ0v) is 12.4. The fourth-order valence-electron chi connectivity index (χ4n) is 2.50. The first-order chi connectivity index (χ1) is 9.34. The van der Waals surface area contributed by atoms with Crippen molar-refractivity contribution >= 4 is 39.5 Å². The molecule has 0 fully saturated rings. The Morgan fingerprint density at radius 1 is 1.40 bits per heavy atom. The van der Waals surface area contributed by atoms with Crippen molar-refractivity contribution in [2.24, 2.45) is 0 Å². The Bertz CT molecular complexity index is 615. The first-order valence-corrected chi connectivity index (χ1v) is 6.55. The summed E-state index contributed by atoms with van der Waals surface area (Å²) in [5.41, 5.74) is -1.03. The number of hydrogen-bond donors (Lipinski definition) is 1. The van der Waals surface area contributed by atoms with E-state index in [2.05, 4.69) is 20.7 Å². The van der Waals surface area contributed by atoms with E-state index >= 15 is 0 Å². The Kier molecular flexibility index (Phi) is 3.56. The number of amides is 1. The van der Waals surface area contributed by atoms with E-state index in [-0.39, 0.29) is 6.42 Å². The van der Waals surface area contributed by atoms with Crippen LogP contribution in [0.3, 0.4) is 0 Å². The van der Waals surface area contributed by atoms with Gasteiger partial charge in [0, 0.05) is 23.5 Å². The van der Waals surface area contributed by atoms with Crippen LogP contribution in [-0.2, 0) is 25.5 Å². The number of hydrogen-bond acceptors (Lipinski definition) is 4. The number of carboxylic acids is 1. The topological polar surface area (TPSA) is 83.9 Å². The normalized spacial score (nSPS) is 20.4. The molecule has 1 aliphatic rings. The molecule has 7 heteroatoms. The predicted molar refractivity (Wildman–Crippen MR) is 73.4 cm³/mol. The van der Waals surface area contributed by atoms with Crippen LogP contribution in [0.1, 0.15) is 12.5 Å². The van der Waals surface area contributed by atoms with Gasteiger partial charge in [0.2, 0.25) is 11.4 Å². The third-order valence-electron chi connectivity index (χ3n) is 3.30. The molecule has 0 radical (unpaired) electrons. The fourth-order valence-corrected chi connectivity index (χ4v) is 2.91. The van der Waals surface area contributed by atoms with Gasteiger partial charge in [-0.15, -0.1) is 0 Å². The lowest BCUT2D eigenvalue weighted by molar-refractivity contribution is -0.160. The second-order valence-corrected chi connectivity index (χ2v) is 5.38. The van der Waals surface area contributed by atoms with E-state index < -0.39 is 23.4 Å². The minimum absolute atomic E-state index is 0.122. The number of methoxy groups -OCH3 is 1. The second kappa shape index (κ2) is 4.90. The molecule has 0 spiro atoms. The number of halogens is 1. The summed E-state index contributed by atoms with van der Waals surface area (Å²) >= 11 is 3.28. The Morgan fingerprint density at radius 2 is 2.05 bits per heavy atom. The van der Waals surface area contributed by atoms with Gasteiger partial charge in [-0.25, -0.2) is 9.59 Å². The van der Waals surface area contributed by atoms with Crippen molar-refractivity contribution in [3.63, 3.8) is 0 Å². The molecule has 0 saturated heterocycles. The van der Waals surface area contributed by atoms with E-state index in [1.807, 2.05) is 0 Å². The molecule has 0 bridgehead atoms. The van der Waals surface area contributed by atoms with Crippen molar-refractivity contribution in [3.8, 4) is 0 Å². The average Bonchev–Trinajstić information content (AvgIpc) is 2.72. The quantitative estimate of drug-likeness (QED) is 0.648. The van der Waals surface area contributed by atoms with Gasteiger partial charge in [0.05, 0.1) is 7.11 Å². The van der Waals surface area contributed by atoms with E-state index in [1.165, 1.54) is 6.92 Å². The summed E-state index contributed by atoms with van der Waals surface area (Å²) in [7, 11) is 1.10. The molecule has 20 heavy (non-hydrogen) atoms. The number of carbonyl (C=O) groups excluding carboxylic acids is 2. The number of benzene rings is 1. The van der Waals surface area contributed by atoms with Crippen molar-refractivity contribution in [2.45, 2.75) is 18.9 Å². The monoisotopic (exact) mass is 341 g/mol. The summed E-state index contributed by atoms with van der Waals surface area (Å²) in [5, 5.41) is 9.52. The molecule has 1 aromatic rings. The zero-order valence-electron chi connectivity index (χ0n) is 10.8. The van der Waals surface area contributed by atoms with E-state index in [9.17, 15) is 19.5 Å². The van der Waals surface area contributed by atoms with E-state index in [0.717, 1.165) is 16.5 Å². The first kappa shape index (κ1) is 14.5. The molecule has 1 unspecified atom stereocenters. The van der Waals surface area contributed by atoms with Crippen LogP contribution >= 0.6 is 15.9 Å². The van der Waals surface area contributed by atoms with Gasteiger partial charge in [0.1, 0.15) is 0 Å². The lowest BCUT2D eigenvalue weighted by Gasteiger charge is -2.31. The fraction of sp³-hybridized carbons (Fsp3) is 0.308. The van der Waals surface area contributed by atoms with Gasteiger partial charge >= 0.3 is 11.9 Å². The van der Waals surface area contributed by atoms with Gasteiger partial charge in [-0.3, -0.25) is 9.69 Å². The lowest BCUT2D eigenvalue weighted by atomic mass is 9.94. The summed E-state index contributed by atoms with van der Waals surface area (Å²) in [6.07, 6.45) is -0.122. The minimum Gasteiger partial charge on any atom is -0.479 e.